The number of aliphatic imine (C=N–C) groups is 1. The largest absolute Gasteiger partial charge is 0.497 e. The van der Waals surface area contributed by atoms with Gasteiger partial charge >= 0.3 is 0 Å². The summed E-state index contributed by atoms with van der Waals surface area (Å²) in [5.74, 6) is 0.836. The number of hydrogen-bond acceptors (Lipinski definition) is 2. The molecule has 0 spiro atoms. The number of ether oxygens (including phenoxy) is 1. The van der Waals surface area contributed by atoms with Crippen LogP contribution in [-0.4, -0.2) is 17.9 Å². The lowest BCUT2D eigenvalue weighted by molar-refractivity contribution is 0.415. The molecule has 0 fully saturated rings. The fourth-order valence-corrected chi connectivity index (χ4v) is 2.40. The second kappa shape index (κ2) is 6.31. The van der Waals surface area contributed by atoms with Crippen molar-refractivity contribution in [1.82, 2.24) is 4.57 Å². The van der Waals surface area contributed by atoms with Gasteiger partial charge in [0.2, 0.25) is 0 Å². The van der Waals surface area contributed by atoms with Gasteiger partial charge in [-0.15, -0.1) is 0 Å². The monoisotopic (exact) mass is 290 g/mol. The molecule has 1 heterocycles. The molecule has 3 rings (SSSR count). The molecule has 0 atom stereocenters. The molecule has 0 N–H and O–H groups in total. The topological polar surface area (TPSA) is 26.5 Å². The van der Waals surface area contributed by atoms with E-state index in [9.17, 15) is 0 Å². The highest BCUT2D eigenvalue weighted by molar-refractivity contribution is 5.81. The molecule has 0 saturated heterocycles. The third kappa shape index (κ3) is 2.93. The van der Waals surface area contributed by atoms with Crippen LogP contribution in [0.25, 0.3) is 5.69 Å². The van der Waals surface area contributed by atoms with Gasteiger partial charge in [0, 0.05) is 11.4 Å². The molecule has 0 bridgehead atoms. The molecule has 0 radical (unpaired) electrons. The zero-order valence-corrected chi connectivity index (χ0v) is 12.7. The van der Waals surface area contributed by atoms with Gasteiger partial charge in [-0.1, -0.05) is 18.2 Å². The first-order valence-electron chi connectivity index (χ1n) is 7.20. The van der Waals surface area contributed by atoms with Crippen molar-refractivity contribution in [3.8, 4) is 11.4 Å². The Labute approximate surface area is 130 Å². The standard InChI is InChI=1S/C19H18N2O/c1-15-8-11-18(21(15)17-6-4-3-5-7-17)14-20-16-9-12-19(22-2)13-10-16/h3-14H,1-2H3. The molecular weight excluding hydrogens is 272 g/mol. The van der Waals surface area contributed by atoms with Crippen LogP contribution >= 0.6 is 0 Å². The van der Waals surface area contributed by atoms with Gasteiger partial charge in [-0.3, -0.25) is 4.99 Å². The average Bonchev–Trinajstić information content (AvgIpc) is 2.95. The van der Waals surface area contributed by atoms with Gasteiger partial charge in [0.05, 0.1) is 24.7 Å². The number of benzene rings is 2. The third-order valence-electron chi connectivity index (χ3n) is 3.54. The number of aryl methyl sites for hydroxylation is 1. The van der Waals surface area contributed by atoms with E-state index in [1.807, 2.05) is 48.7 Å². The van der Waals surface area contributed by atoms with E-state index in [-0.39, 0.29) is 0 Å². The predicted octanol–water partition coefficient (Wildman–Crippen LogP) is 4.54. The zero-order chi connectivity index (χ0) is 15.4. The average molecular weight is 290 g/mol. The van der Waals surface area contributed by atoms with Crippen molar-refractivity contribution in [3.05, 3.63) is 78.1 Å². The molecule has 3 heteroatoms. The molecule has 0 aliphatic carbocycles. The van der Waals surface area contributed by atoms with Crippen LogP contribution in [0.5, 0.6) is 5.75 Å². The van der Waals surface area contributed by atoms with Gasteiger partial charge in [0.1, 0.15) is 5.75 Å². The van der Waals surface area contributed by atoms with Crippen molar-refractivity contribution in [2.75, 3.05) is 7.11 Å². The third-order valence-corrected chi connectivity index (χ3v) is 3.54. The van der Waals surface area contributed by atoms with Gasteiger partial charge in [-0.25, -0.2) is 0 Å². The molecule has 0 aliphatic heterocycles. The smallest absolute Gasteiger partial charge is 0.119 e. The van der Waals surface area contributed by atoms with Crippen molar-refractivity contribution in [1.29, 1.82) is 0 Å². The second-order valence-electron chi connectivity index (χ2n) is 5.03. The Bertz CT molecular complexity index is 771. The van der Waals surface area contributed by atoms with E-state index in [0.29, 0.717) is 0 Å². The normalized spacial score (nSPS) is 11.0. The van der Waals surface area contributed by atoms with Crippen LogP contribution in [0.2, 0.25) is 0 Å². The molecule has 22 heavy (non-hydrogen) atoms. The number of aromatic nitrogens is 1. The molecular formula is C19H18N2O. The van der Waals surface area contributed by atoms with Gasteiger partial charge in [-0.2, -0.15) is 0 Å². The molecule has 1 aromatic heterocycles. The van der Waals surface area contributed by atoms with Crippen molar-refractivity contribution < 1.29 is 4.74 Å². The highest BCUT2D eigenvalue weighted by atomic mass is 16.5. The minimum absolute atomic E-state index is 0.836. The molecule has 0 aliphatic rings. The van der Waals surface area contributed by atoms with E-state index in [2.05, 4.69) is 40.7 Å². The van der Waals surface area contributed by atoms with Crippen molar-refractivity contribution in [2.24, 2.45) is 4.99 Å². The molecule has 2 aromatic carbocycles. The molecule has 110 valence electrons. The van der Waals surface area contributed by atoms with Crippen molar-refractivity contribution in [3.63, 3.8) is 0 Å². The Morgan fingerprint density at radius 2 is 1.64 bits per heavy atom. The van der Waals surface area contributed by atoms with Crippen LogP contribution < -0.4 is 4.74 Å². The van der Waals surface area contributed by atoms with Crippen LogP contribution in [0, 0.1) is 6.92 Å². The summed E-state index contributed by atoms with van der Waals surface area (Å²) in [7, 11) is 1.66. The summed E-state index contributed by atoms with van der Waals surface area (Å²) in [5.41, 5.74) is 4.28. The summed E-state index contributed by atoms with van der Waals surface area (Å²) in [5, 5.41) is 0. The first kappa shape index (κ1) is 14.1. The van der Waals surface area contributed by atoms with Gasteiger partial charge in [0.15, 0.2) is 0 Å². The Morgan fingerprint density at radius 1 is 0.909 bits per heavy atom. The summed E-state index contributed by atoms with van der Waals surface area (Å²) in [4.78, 5) is 4.55. The Hall–Kier alpha value is -2.81. The Balaban J connectivity index is 1.91. The summed E-state index contributed by atoms with van der Waals surface area (Å²) >= 11 is 0. The maximum atomic E-state index is 5.16. The van der Waals surface area contributed by atoms with Crippen LogP contribution in [0.4, 0.5) is 5.69 Å². The van der Waals surface area contributed by atoms with Gasteiger partial charge < -0.3 is 9.30 Å². The summed E-state index contributed by atoms with van der Waals surface area (Å²) in [6.45, 7) is 2.09. The number of nitrogens with zero attached hydrogens (tertiary/aromatic N) is 2. The van der Waals surface area contributed by atoms with Crippen molar-refractivity contribution >= 4 is 11.9 Å². The summed E-state index contributed by atoms with van der Waals surface area (Å²) in [6, 6.07) is 22.2. The maximum Gasteiger partial charge on any atom is 0.119 e. The summed E-state index contributed by atoms with van der Waals surface area (Å²) < 4.78 is 7.34. The molecule has 0 unspecified atom stereocenters. The van der Waals surface area contributed by atoms with Crippen LogP contribution in [0.3, 0.4) is 0 Å². The first-order valence-corrected chi connectivity index (χ1v) is 7.20. The lowest BCUT2D eigenvalue weighted by Gasteiger charge is -2.08. The van der Waals surface area contributed by atoms with E-state index < -0.39 is 0 Å². The Morgan fingerprint density at radius 3 is 2.32 bits per heavy atom. The van der Waals surface area contributed by atoms with Gasteiger partial charge in [0.25, 0.3) is 0 Å². The van der Waals surface area contributed by atoms with Crippen LogP contribution in [0.15, 0.2) is 71.7 Å². The van der Waals surface area contributed by atoms with E-state index in [1.165, 1.54) is 5.69 Å². The number of methoxy groups -OCH3 is 1. The van der Waals surface area contributed by atoms with Gasteiger partial charge in [-0.05, 0) is 55.5 Å². The molecule has 3 nitrogen and oxygen atoms in total. The molecule has 3 aromatic rings. The quantitative estimate of drug-likeness (QED) is 0.648. The maximum absolute atomic E-state index is 5.16. The molecule has 0 amide bonds. The minimum Gasteiger partial charge on any atom is -0.497 e. The number of para-hydroxylation sites is 1. The number of rotatable bonds is 4. The molecule has 0 saturated carbocycles. The van der Waals surface area contributed by atoms with Crippen LogP contribution in [-0.2, 0) is 0 Å². The fourth-order valence-electron chi connectivity index (χ4n) is 2.40. The van der Waals surface area contributed by atoms with E-state index in [0.717, 1.165) is 22.8 Å². The highest BCUT2D eigenvalue weighted by Crippen LogP contribution is 2.19. The van der Waals surface area contributed by atoms with E-state index in [1.54, 1.807) is 7.11 Å². The second-order valence-corrected chi connectivity index (χ2v) is 5.03. The minimum atomic E-state index is 0.836. The van der Waals surface area contributed by atoms with E-state index in [4.69, 9.17) is 4.74 Å². The Kier molecular flexibility index (Phi) is 4.05. The van der Waals surface area contributed by atoms with E-state index >= 15 is 0 Å². The van der Waals surface area contributed by atoms with Crippen molar-refractivity contribution in [2.45, 2.75) is 6.92 Å². The zero-order valence-electron chi connectivity index (χ0n) is 12.7. The lowest BCUT2D eigenvalue weighted by Crippen LogP contribution is -2.00. The fraction of sp³-hybridized carbons (Fsp3) is 0.105. The predicted molar refractivity (Wildman–Crippen MR) is 90.8 cm³/mol. The summed E-state index contributed by atoms with van der Waals surface area (Å²) in [6.07, 6.45) is 1.89. The highest BCUT2D eigenvalue weighted by Gasteiger charge is 2.04. The lowest BCUT2D eigenvalue weighted by atomic mass is 10.3. The SMILES string of the molecule is COc1ccc(N=Cc2ccc(C)n2-c2ccccc2)cc1. The first-order chi connectivity index (χ1) is 10.8. The number of hydrogen-bond donors (Lipinski definition) is 0. The van der Waals surface area contributed by atoms with Crippen LogP contribution in [0.1, 0.15) is 11.4 Å².